The van der Waals surface area contributed by atoms with Gasteiger partial charge in [-0.2, -0.15) is 5.26 Å². The molecule has 176 valence electrons. The van der Waals surface area contributed by atoms with Crippen LogP contribution in [0.3, 0.4) is 0 Å². The summed E-state index contributed by atoms with van der Waals surface area (Å²) in [7, 11) is 0. The standard InChI is InChI=1S/C29H27N3O3/c1-3-9-19(2)31-28(34)27(21-14-16-22(33)17-15-21)32-25-13-8-7-12-23(25)26(24(18-30)29(32)35)20-10-5-4-6-11-20/h4-8,10-17,19,27,33H,3,9H2,1-2H3,(H,31,34). The van der Waals surface area contributed by atoms with Crippen molar-refractivity contribution < 1.29 is 9.90 Å². The Balaban J connectivity index is 2.04. The summed E-state index contributed by atoms with van der Waals surface area (Å²) in [6.07, 6.45) is 1.69. The molecule has 1 heterocycles. The summed E-state index contributed by atoms with van der Waals surface area (Å²) in [5, 5.41) is 23.6. The monoisotopic (exact) mass is 465 g/mol. The van der Waals surface area contributed by atoms with Gasteiger partial charge in [0.25, 0.3) is 5.56 Å². The number of aromatic nitrogens is 1. The number of rotatable bonds is 7. The highest BCUT2D eigenvalue weighted by molar-refractivity contribution is 5.98. The van der Waals surface area contributed by atoms with E-state index in [0.717, 1.165) is 18.4 Å². The molecular weight excluding hydrogens is 438 g/mol. The largest absolute Gasteiger partial charge is 0.508 e. The van der Waals surface area contributed by atoms with Crippen molar-refractivity contribution in [3.63, 3.8) is 0 Å². The zero-order valence-electron chi connectivity index (χ0n) is 19.7. The summed E-state index contributed by atoms with van der Waals surface area (Å²) in [5.41, 5.74) is 1.83. The van der Waals surface area contributed by atoms with Crippen molar-refractivity contribution >= 4 is 16.8 Å². The molecule has 2 unspecified atom stereocenters. The van der Waals surface area contributed by atoms with Crippen LogP contribution >= 0.6 is 0 Å². The van der Waals surface area contributed by atoms with Gasteiger partial charge in [0.15, 0.2) is 0 Å². The molecule has 0 aliphatic heterocycles. The van der Waals surface area contributed by atoms with Gasteiger partial charge in [-0.3, -0.25) is 14.2 Å². The van der Waals surface area contributed by atoms with Crippen LogP contribution in [-0.4, -0.2) is 21.6 Å². The zero-order valence-corrected chi connectivity index (χ0v) is 19.7. The van der Waals surface area contributed by atoms with Gasteiger partial charge in [-0.05, 0) is 42.7 Å². The molecule has 4 aromatic rings. The van der Waals surface area contributed by atoms with Crippen LogP contribution in [0.1, 0.15) is 43.9 Å². The van der Waals surface area contributed by atoms with Crippen molar-refractivity contribution in [2.45, 2.75) is 38.8 Å². The minimum absolute atomic E-state index is 0.0203. The van der Waals surface area contributed by atoms with Crippen molar-refractivity contribution in [2.24, 2.45) is 0 Å². The molecule has 0 spiro atoms. The lowest BCUT2D eigenvalue weighted by molar-refractivity contribution is -0.123. The number of nitriles is 1. The first-order valence-corrected chi connectivity index (χ1v) is 11.7. The molecule has 0 aliphatic rings. The fourth-order valence-corrected chi connectivity index (χ4v) is 4.53. The minimum atomic E-state index is -1.02. The van der Waals surface area contributed by atoms with Crippen LogP contribution in [0.4, 0.5) is 0 Å². The predicted octanol–water partition coefficient (Wildman–Crippen LogP) is 5.14. The number of amides is 1. The first kappa shape index (κ1) is 23.8. The van der Waals surface area contributed by atoms with Gasteiger partial charge < -0.3 is 10.4 Å². The Hall–Kier alpha value is -4.37. The zero-order chi connectivity index (χ0) is 24.9. The van der Waals surface area contributed by atoms with Gasteiger partial charge in [0.05, 0.1) is 5.52 Å². The Labute approximate surface area is 204 Å². The maximum atomic E-state index is 13.9. The number of nitrogens with zero attached hydrogens (tertiary/aromatic N) is 2. The molecule has 2 N–H and O–H groups in total. The molecule has 0 saturated heterocycles. The molecule has 0 bridgehead atoms. The predicted molar refractivity (Wildman–Crippen MR) is 137 cm³/mol. The molecule has 35 heavy (non-hydrogen) atoms. The third kappa shape index (κ3) is 4.67. The maximum Gasteiger partial charge on any atom is 0.270 e. The lowest BCUT2D eigenvalue weighted by atomic mass is 9.95. The number of hydrogen-bond donors (Lipinski definition) is 2. The first-order chi connectivity index (χ1) is 17.0. The molecule has 6 heteroatoms. The van der Waals surface area contributed by atoms with E-state index in [0.29, 0.717) is 22.0 Å². The number of pyridine rings is 1. The smallest absolute Gasteiger partial charge is 0.270 e. The van der Waals surface area contributed by atoms with Crippen LogP contribution in [0.5, 0.6) is 5.75 Å². The maximum absolute atomic E-state index is 13.9. The number of carbonyl (C=O) groups is 1. The topological polar surface area (TPSA) is 95.1 Å². The van der Waals surface area contributed by atoms with Crippen LogP contribution < -0.4 is 10.9 Å². The molecule has 0 aliphatic carbocycles. The first-order valence-electron chi connectivity index (χ1n) is 11.7. The second-order valence-electron chi connectivity index (χ2n) is 8.61. The molecule has 3 aromatic carbocycles. The summed E-state index contributed by atoms with van der Waals surface area (Å²) in [5.74, 6) is -0.290. The van der Waals surface area contributed by atoms with Crippen molar-refractivity contribution in [3.8, 4) is 22.9 Å². The third-order valence-corrected chi connectivity index (χ3v) is 6.12. The Morgan fingerprint density at radius 1 is 1.03 bits per heavy atom. The number of phenols is 1. The molecule has 2 atom stereocenters. The highest BCUT2D eigenvalue weighted by Crippen LogP contribution is 2.33. The van der Waals surface area contributed by atoms with Gasteiger partial charge in [-0.1, -0.05) is 74.0 Å². The molecule has 0 saturated carbocycles. The highest BCUT2D eigenvalue weighted by atomic mass is 16.3. The Bertz CT molecular complexity index is 1450. The quantitative estimate of drug-likeness (QED) is 0.395. The van der Waals surface area contributed by atoms with Gasteiger partial charge >= 0.3 is 0 Å². The number of hydrogen-bond acceptors (Lipinski definition) is 4. The van der Waals surface area contributed by atoms with Crippen molar-refractivity contribution in [3.05, 3.63) is 100 Å². The number of nitrogens with one attached hydrogen (secondary N) is 1. The van der Waals surface area contributed by atoms with E-state index in [-0.39, 0.29) is 23.3 Å². The van der Waals surface area contributed by atoms with Crippen molar-refractivity contribution in [1.82, 2.24) is 9.88 Å². The van der Waals surface area contributed by atoms with Crippen molar-refractivity contribution in [1.29, 1.82) is 5.26 Å². The average Bonchev–Trinajstić information content (AvgIpc) is 2.86. The van der Waals surface area contributed by atoms with E-state index >= 15 is 0 Å². The van der Waals surface area contributed by atoms with E-state index in [9.17, 15) is 20.0 Å². The number of benzene rings is 3. The fraction of sp³-hybridized carbons (Fsp3) is 0.207. The highest BCUT2D eigenvalue weighted by Gasteiger charge is 2.29. The molecule has 1 amide bonds. The second-order valence-corrected chi connectivity index (χ2v) is 8.61. The van der Waals surface area contributed by atoms with Crippen LogP contribution in [0.2, 0.25) is 0 Å². The average molecular weight is 466 g/mol. The van der Waals surface area contributed by atoms with Gasteiger partial charge in [0, 0.05) is 17.0 Å². The van der Waals surface area contributed by atoms with E-state index in [4.69, 9.17) is 0 Å². The lowest BCUT2D eigenvalue weighted by Crippen LogP contribution is -2.42. The van der Waals surface area contributed by atoms with E-state index in [1.807, 2.05) is 62.4 Å². The fourth-order valence-electron chi connectivity index (χ4n) is 4.53. The molecule has 4 rings (SSSR count). The minimum Gasteiger partial charge on any atom is -0.508 e. The van der Waals surface area contributed by atoms with Crippen molar-refractivity contribution in [2.75, 3.05) is 0 Å². The van der Waals surface area contributed by atoms with E-state index in [1.54, 1.807) is 18.2 Å². The summed E-state index contributed by atoms with van der Waals surface area (Å²) in [4.78, 5) is 27.6. The molecular formula is C29H27N3O3. The Morgan fingerprint density at radius 3 is 2.34 bits per heavy atom. The van der Waals surface area contributed by atoms with Crippen LogP contribution in [0.15, 0.2) is 83.7 Å². The SMILES string of the molecule is CCCC(C)NC(=O)C(c1ccc(O)cc1)n1c(=O)c(C#N)c(-c2ccccc2)c2ccccc21. The van der Waals surface area contributed by atoms with E-state index in [1.165, 1.54) is 16.7 Å². The molecule has 1 aromatic heterocycles. The van der Waals surface area contributed by atoms with Gasteiger partial charge in [-0.25, -0.2) is 0 Å². The van der Waals surface area contributed by atoms with Crippen LogP contribution in [-0.2, 0) is 4.79 Å². The number of para-hydroxylation sites is 1. The Kier molecular flexibility index (Phi) is 6.98. The summed E-state index contributed by atoms with van der Waals surface area (Å²) >= 11 is 0. The summed E-state index contributed by atoms with van der Waals surface area (Å²) in [6, 6.07) is 23.9. The summed E-state index contributed by atoms with van der Waals surface area (Å²) < 4.78 is 1.40. The lowest BCUT2D eigenvalue weighted by Gasteiger charge is -2.25. The third-order valence-electron chi connectivity index (χ3n) is 6.12. The molecule has 0 fully saturated rings. The number of phenolic OH excluding ortho intramolecular Hbond substituents is 1. The van der Waals surface area contributed by atoms with Gasteiger partial charge in [0.2, 0.25) is 5.91 Å². The second kappa shape index (κ2) is 10.3. The van der Waals surface area contributed by atoms with Gasteiger partial charge in [-0.15, -0.1) is 0 Å². The van der Waals surface area contributed by atoms with E-state index in [2.05, 4.69) is 11.4 Å². The molecule has 0 radical (unpaired) electrons. The van der Waals surface area contributed by atoms with E-state index < -0.39 is 11.6 Å². The number of carbonyl (C=O) groups excluding carboxylic acids is 1. The normalized spacial score (nSPS) is 12.6. The number of fused-ring (bicyclic) bond motifs is 1. The Morgan fingerprint density at radius 2 is 1.69 bits per heavy atom. The summed E-state index contributed by atoms with van der Waals surface area (Å²) in [6.45, 7) is 3.97. The van der Waals surface area contributed by atoms with Gasteiger partial charge in [0.1, 0.15) is 23.4 Å². The molecule has 6 nitrogen and oxygen atoms in total. The number of aromatic hydroxyl groups is 1. The van der Waals surface area contributed by atoms with Crippen LogP contribution in [0.25, 0.3) is 22.0 Å². The van der Waals surface area contributed by atoms with Crippen LogP contribution in [0, 0.1) is 11.3 Å².